The molecule has 23 heavy (non-hydrogen) atoms. The highest BCUT2D eigenvalue weighted by Gasteiger charge is 2.23. The summed E-state index contributed by atoms with van der Waals surface area (Å²) < 4.78 is 2.29. The van der Waals surface area contributed by atoms with Gasteiger partial charge < -0.3 is 0 Å². The summed E-state index contributed by atoms with van der Waals surface area (Å²) in [6.45, 7) is 11.0. The van der Waals surface area contributed by atoms with Crippen molar-refractivity contribution in [3.63, 3.8) is 0 Å². The minimum atomic E-state index is -0.0263. The van der Waals surface area contributed by atoms with Gasteiger partial charge in [-0.3, -0.25) is 9.38 Å². The third-order valence-corrected chi connectivity index (χ3v) is 4.73. The molecule has 0 fully saturated rings. The summed E-state index contributed by atoms with van der Waals surface area (Å²) in [5.41, 5.74) is 6.79. The van der Waals surface area contributed by atoms with Gasteiger partial charge in [-0.05, 0) is 30.9 Å². The van der Waals surface area contributed by atoms with Crippen LogP contribution in [-0.2, 0) is 5.41 Å². The van der Waals surface area contributed by atoms with E-state index >= 15 is 0 Å². The number of aromatic nitrogens is 3. The Bertz CT molecular complexity index is 1070. The van der Waals surface area contributed by atoms with E-state index in [1.165, 1.54) is 22.0 Å². The number of hydrogen-bond donors (Lipinski definition) is 0. The van der Waals surface area contributed by atoms with Crippen molar-refractivity contribution >= 4 is 27.5 Å². The lowest BCUT2D eigenvalue weighted by molar-refractivity contribution is 0.573. The van der Waals surface area contributed by atoms with E-state index in [-0.39, 0.29) is 5.41 Å². The number of nitrogens with zero attached hydrogens (tertiary/aromatic N) is 3. The van der Waals surface area contributed by atoms with Crippen molar-refractivity contribution < 1.29 is 0 Å². The van der Waals surface area contributed by atoms with Crippen LogP contribution in [0.15, 0.2) is 36.5 Å². The monoisotopic (exact) mass is 303 g/mol. The maximum atomic E-state index is 4.94. The molecule has 0 unspecified atom stereocenters. The van der Waals surface area contributed by atoms with E-state index in [1.807, 2.05) is 12.3 Å². The quantitative estimate of drug-likeness (QED) is 0.460. The first kappa shape index (κ1) is 14.2. The molecule has 4 aromatic rings. The normalized spacial score (nSPS) is 12.6. The minimum absolute atomic E-state index is 0.0263. The second-order valence-corrected chi connectivity index (χ2v) is 7.30. The topological polar surface area (TPSA) is 30.2 Å². The molecule has 116 valence electrons. The van der Waals surface area contributed by atoms with Crippen molar-refractivity contribution in [2.75, 3.05) is 0 Å². The van der Waals surface area contributed by atoms with Crippen LogP contribution in [0.2, 0.25) is 0 Å². The van der Waals surface area contributed by atoms with Crippen molar-refractivity contribution in [2.45, 2.75) is 40.0 Å². The average molecular weight is 303 g/mol. The van der Waals surface area contributed by atoms with Gasteiger partial charge in [-0.25, -0.2) is 4.98 Å². The molecule has 3 aromatic heterocycles. The van der Waals surface area contributed by atoms with Crippen LogP contribution in [0.4, 0.5) is 0 Å². The summed E-state index contributed by atoms with van der Waals surface area (Å²) in [7, 11) is 0. The van der Waals surface area contributed by atoms with E-state index in [0.29, 0.717) is 0 Å². The van der Waals surface area contributed by atoms with Gasteiger partial charge >= 0.3 is 0 Å². The first-order valence-electron chi connectivity index (χ1n) is 8.05. The van der Waals surface area contributed by atoms with Crippen LogP contribution in [0.5, 0.6) is 0 Å². The Morgan fingerprint density at radius 3 is 2.35 bits per heavy atom. The molecule has 1 aromatic carbocycles. The van der Waals surface area contributed by atoms with Crippen LogP contribution in [0.25, 0.3) is 27.5 Å². The highest BCUT2D eigenvalue weighted by Crippen LogP contribution is 2.33. The van der Waals surface area contributed by atoms with Crippen LogP contribution in [-0.4, -0.2) is 14.4 Å². The molecule has 3 heteroatoms. The summed E-state index contributed by atoms with van der Waals surface area (Å²) in [4.78, 5) is 9.63. The summed E-state index contributed by atoms with van der Waals surface area (Å²) in [6, 6.07) is 10.5. The molecule has 0 aliphatic heterocycles. The number of aryl methyl sites for hydroxylation is 2. The molecule has 0 saturated heterocycles. The summed E-state index contributed by atoms with van der Waals surface area (Å²) in [5.74, 6) is 0. The van der Waals surface area contributed by atoms with Crippen molar-refractivity contribution in [1.29, 1.82) is 0 Å². The van der Waals surface area contributed by atoms with E-state index in [1.54, 1.807) is 0 Å². The van der Waals surface area contributed by atoms with E-state index in [9.17, 15) is 0 Å². The summed E-state index contributed by atoms with van der Waals surface area (Å²) in [6.07, 6.45) is 1.87. The van der Waals surface area contributed by atoms with Crippen molar-refractivity contribution in [2.24, 2.45) is 0 Å². The number of hydrogen-bond acceptors (Lipinski definition) is 2. The lowest BCUT2D eigenvalue weighted by atomic mass is 9.90. The molecule has 0 N–H and O–H groups in total. The van der Waals surface area contributed by atoms with Gasteiger partial charge in [-0.1, -0.05) is 45.0 Å². The Labute approximate surface area is 136 Å². The minimum Gasteiger partial charge on any atom is -0.294 e. The maximum absolute atomic E-state index is 4.94. The fourth-order valence-electron chi connectivity index (χ4n) is 3.45. The molecule has 0 aliphatic rings. The lowest BCUT2D eigenvalue weighted by Gasteiger charge is -2.19. The van der Waals surface area contributed by atoms with Gasteiger partial charge in [-0.15, -0.1) is 0 Å². The predicted molar refractivity (Wildman–Crippen MR) is 96.2 cm³/mol. The fraction of sp³-hybridized carbons (Fsp3) is 0.300. The van der Waals surface area contributed by atoms with Gasteiger partial charge in [0, 0.05) is 22.7 Å². The van der Waals surface area contributed by atoms with Crippen molar-refractivity contribution in [1.82, 2.24) is 14.4 Å². The molecule has 0 amide bonds. The van der Waals surface area contributed by atoms with E-state index in [0.717, 1.165) is 22.4 Å². The predicted octanol–water partition coefficient (Wildman–Crippen LogP) is 4.95. The van der Waals surface area contributed by atoms with E-state index in [4.69, 9.17) is 9.97 Å². The summed E-state index contributed by atoms with van der Waals surface area (Å²) >= 11 is 0. The second kappa shape index (κ2) is 4.54. The van der Waals surface area contributed by atoms with Crippen molar-refractivity contribution in [3.8, 4) is 0 Å². The zero-order valence-electron chi connectivity index (χ0n) is 14.3. The van der Waals surface area contributed by atoms with Gasteiger partial charge in [0.05, 0.1) is 16.7 Å². The van der Waals surface area contributed by atoms with Gasteiger partial charge in [0.2, 0.25) is 0 Å². The van der Waals surface area contributed by atoms with Crippen LogP contribution in [0.1, 0.15) is 37.7 Å². The maximum Gasteiger partial charge on any atom is 0.146 e. The molecule has 0 bridgehead atoms. The van der Waals surface area contributed by atoms with Gasteiger partial charge in [0.1, 0.15) is 5.65 Å². The fourth-order valence-corrected chi connectivity index (χ4v) is 3.45. The third-order valence-electron chi connectivity index (χ3n) is 4.73. The van der Waals surface area contributed by atoms with Gasteiger partial charge in [0.15, 0.2) is 0 Å². The van der Waals surface area contributed by atoms with E-state index in [2.05, 4.69) is 63.3 Å². The first-order chi connectivity index (χ1) is 10.9. The van der Waals surface area contributed by atoms with Gasteiger partial charge in [-0.2, -0.15) is 0 Å². The van der Waals surface area contributed by atoms with Crippen LogP contribution >= 0.6 is 0 Å². The number of pyridine rings is 2. The molecule has 0 saturated carbocycles. The average Bonchev–Trinajstić information content (AvgIpc) is 2.91. The SMILES string of the molecule is Cc1c(C)n2c(nc3ccnc(C(C)(C)C)c32)c2ccccc12. The highest BCUT2D eigenvalue weighted by atomic mass is 15.0. The molecule has 4 rings (SSSR count). The van der Waals surface area contributed by atoms with Crippen molar-refractivity contribution in [3.05, 3.63) is 53.5 Å². The Morgan fingerprint density at radius 2 is 1.65 bits per heavy atom. The molecule has 0 radical (unpaired) electrons. The third kappa shape index (κ3) is 1.89. The largest absolute Gasteiger partial charge is 0.294 e. The molecule has 0 aliphatic carbocycles. The molecule has 0 atom stereocenters. The molecular weight excluding hydrogens is 282 g/mol. The number of benzene rings is 1. The Morgan fingerprint density at radius 1 is 0.957 bits per heavy atom. The molecular formula is C20H21N3. The van der Waals surface area contributed by atoms with Gasteiger partial charge in [0.25, 0.3) is 0 Å². The smallest absolute Gasteiger partial charge is 0.146 e. The highest BCUT2D eigenvalue weighted by molar-refractivity contribution is 6.00. The Balaban J connectivity index is 2.34. The molecule has 3 heterocycles. The first-order valence-corrected chi connectivity index (χ1v) is 8.05. The van der Waals surface area contributed by atoms with Crippen LogP contribution in [0.3, 0.4) is 0 Å². The number of rotatable bonds is 0. The van der Waals surface area contributed by atoms with Crippen LogP contribution < -0.4 is 0 Å². The standard InChI is InChI=1S/C20H21N3/c1-12-13(2)23-17-16(10-11-21-18(17)20(3,4)5)22-19(23)15-9-7-6-8-14(12)15/h6-11H,1-5H3. The van der Waals surface area contributed by atoms with Crippen LogP contribution in [0, 0.1) is 13.8 Å². The van der Waals surface area contributed by atoms with E-state index < -0.39 is 0 Å². The summed E-state index contributed by atoms with van der Waals surface area (Å²) in [5, 5.41) is 2.48. The Hall–Kier alpha value is -2.42. The molecule has 3 nitrogen and oxygen atoms in total. The Kier molecular flexibility index (Phi) is 2.80. The lowest BCUT2D eigenvalue weighted by Crippen LogP contribution is -2.15. The second-order valence-electron chi connectivity index (χ2n) is 7.30. The zero-order valence-corrected chi connectivity index (χ0v) is 14.3. The zero-order chi connectivity index (χ0) is 16.4. The number of imidazole rings is 1. The molecule has 0 spiro atoms. The number of fused-ring (bicyclic) bond motifs is 5.